The van der Waals surface area contributed by atoms with Crippen LogP contribution in [0.2, 0.25) is 0 Å². The van der Waals surface area contributed by atoms with Crippen LogP contribution in [0.15, 0.2) is 22.7 Å². The molecule has 1 unspecified atom stereocenters. The normalized spacial score (nSPS) is 21.8. The molecule has 7 heteroatoms. The fourth-order valence-electron chi connectivity index (χ4n) is 2.08. The molecule has 104 valence electrons. The summed E-state index contributed by atoms with van der Waals surface area (Å²) in [6, 6.07) is 4.95. The largest absolute Gasteiger partial charge is 0.398 e. The fraction of sp³-hybridized carbons (Fsp3) is 0.417. The molecule has 1 aliphatic heterocycles. The highest BCUT2D eigenvalue weighted by molar-refractivity contribution is 9.10. The highest BCUT2D eigenvalue weighted by Crippen LogP contribution is 2.25. The van der Waals surface area contributed by atoms with Gasteiger partial charge in [-0.05, 0) is 47.0 Å². The van der Waals surface area contributed by atoms with Gasteiger partial charge in [0.1, 0.15) is 5.25 Å². The standard InChI is InChI=1S/C12H15BrN2O3S/c13-9-7-8(4-5-10(9)14)15-12(16)11-3-1-2-6-19(11,17)18/h4-5,7,11H,1-3,6,14H2,(H,15,16). The molecule has 1 atom stereocenters. The second-order valence-corrected chi connectivity index (χ2v) is 7.73. The lowest BCUT2D eigenvalue weighted by Crippen LogP contribution is -2.39. The van der Waals surface area contributed by atoms with Crippen LogP contribution in [0.25, 0.3) is 0 Å². The predicted molar refractivity (Wildman–Crippen MR) is 78.6 cm³/mol. The Morgan fingerprint density at radius 2 is 2.11 bits per heavy atom. The Balaban J connectivity index is 2.14. The van der Waals surface area contributed by atoms with E-state index in [1.54, 1.807) is 18.2 Å². The van der Waals surface area contributed by atoms with Crippen molar-refractivity contribution in [3.63, 3.8) is 0 Å². The lowest BCUT2D eigenvalue weighted by Gasteiger charge is -2.21. The number of anilines is 2. The summed E-state index contributed by atoms with van der Waals surface area (Å²) < 4.78 is 24.4. The molecule has 1 saturated heterocycles. The summed E-state index contributed by atoms with van der Waals surface area (Å²) in [6.45, 7) is 0. The number of nitrogens with two attached hydrogens (primary N) is 1. The molecule has 0 saturated carbocycles. The number of amides is 1. The summed E-state index contributed by atoms with van der Waals surface area (Å²) in [4.78, 5) is 12.0. The Morgan fingerprint density at radius 1 is 1.37 bits per heavy atom. The topological polar surface area (TPSA) is 89.3 Å². The van der Waals surface area contributed by atoms with Crippen LogP contribution in [0, 0.1) is 0 Å². The molecule has 0 radical (unpaired) electrons. The van der Waals surface area contributed by atoms with Gasteiger partial charge in [-0.3, -0.25) is 4.79 Å². The van der Waals surface area contributed by atoms with E-state index in [1.807, 2.05) is 0 Å². The van der Waals surface area contributed by atoms with Crippen molar-refractivity contribution in [3.05, 3.63) is 22.7 Å². The molecule has 0 bridgehead atoms. The van der Waals surface area contributed by atoms with Gasteiger partial charge in [0.05, 0.1) is 5.75 Å². The molecule has 5 nitrogen and oxygen atoms in total. The summed E-state index contributed by atoms with van der Waals surface area (Å²) in [5, 5.41) is 1.70. The Hall–Kier alpha value is -1.08. The van der Waals surface area contributed by atoms with Crippen LogP contribution in [0.5, 0.6) is 0 Å². The maximum atomic E-state index is 12.0. The third-order valence-corrected chi connectivity index (χ3v) is 6.00. The van der Waals surface area contributed by atoms with E-state index >= 15 is 0 Å². The highest BCUT2D eigenvalue weighted by Gasteiger charge is 2.34. The first kappa shape index (κ1) is 14.3. The van der Waals surface area contributed by atoms with E-state index < -0.39 is 21.0 Å². The number of hydrogen-bond acceptors (Lipinski definition) is 4. The Morgan fingerprint density at radius 3 is 2.74 bits per heavy atom. The lowest BCUT2D eigenvalue weighted by atomic mass is 10.2. The van der Waals surface area contributed by atoms with Crippen molar-refractivity contribution in [1.82, 2.24) is 0 Å². The summed E-state index contributed by atoms with van der Waals surface area (Å²) in [5.74, 6) is -0.368. The van der Waals surface area contributed by atoms with E-state index in [9.17, 15) is 13.2 Å². The molecule has 0 aromatic heterocycles. The third-order valence-electron chi connectivity index (χ3n) is 3.14. The lowest BCUT2D eigenvalue weighted by molar-refractivity contribution is -0.116. The second kappa shape index (κ2) is 5.50. The molecule has 1 aromatic carbocycles. The van der Waals surface area contributed by atoms with Crippen LogP contribution < -0.4 is 11.1 Å². The van der Waals surface area contributed by atoms with E-state index in [0.29, 0.717) is 28.7 Å². The zero-order chi connectivity index (χ0) is 14.0. The summed E-state index contributed by atoms with van der Waals surface area (Å²) >= 11 is 3.26. The average Bonchev–Trinajstić information content (AvgIpc) is 2.33. The van der Waals surface area contributed by atoms with Gasteiger partial charge in [0.25, 0.3) is 0 Å². The van der Waals surface area contributed by atoms with Gasteiger partial charge < -0.3 is 11.1 Å². The Labute approximate surface area is 120 Å². The van der Waals surface area contributed by atoms with Crippen molar-refractivity contribution in [1.29, 1.82) is 0 Å². The summed E-state index contributed by atoms with van der Waals surface area (Å²) in [5.41, 5.74) is 6.74. The number of halogens is 1. The number of nitrogens with one attached hydrogen (secondary N) is 1. The van der Waals surface area contributed by atoms with Crippen LogP contribution >= 0.6 is 15.9 Å². The maximum Gasteiger partial charge on any atom is 0.242 e. The van der Waals surface area contributed by atoms with Gasteiger partial charge in [-0.25, -0.2) is 8.42 Å². The average molecular weight is 347 g/mol. The molecule has 1 fully saturated rings. The van der Waals surface area contributed by atoms with E-state index in [2.05, 4.69) is 21.2 Å². The van der Waals surface area contributed by atoms with E-state index in [1.165, 1.54) is 0 Å². The number of rotatable bonds is 2. The van der Waals surface area contributed by atoms with Gasteiger partial charge >= 0.3 is 0 Å². The summed E-state index contributed by atoms with van der Waals surface area (Å²) in [7, 11) is -3.31. The predicted octanol–water partition coefficient (Wildman–Crippen LogP) is 1.94. The van der Waals surface area contributed by atoms with Crippen LogP contribution in [-0.4, -0.2) is 25.3 Å². The van der Waals surface area contributed by atoms with Gasteiger partial charge in [0.2, 0.25) is 5.91 Å². The molecule has 0 spiro atoms. The number of sulfone groups is 1. The monoisotopic (exact) mass is 346 g/mol. The zero-order valence-corrected chi connectivity index (χ0v) is 12.6. The molecule has 0 aliphatic carbocycles. The van der Waals surface area contributed by atoms with Crippen molar-refractivity contribution in [2.75, 3.05) is 16.8 Å². The molecule has 1 heterocycles. The maximum absolute atomic E-state index is 12.0. The Bertz CT molecular complexity index is 601. The molecule has 1 aromatic rings. The first-order valence-corrected chi connectivity index (χ1v) is 8.48. The molecule has 1 amide bonds. The first-order chi connectivity index (χ1) is 8.90. The van der Waals surface area contributed by atoms with E-state index in [0.717, 1.165) is 6.42 Å². The van der Waals surface area contributed by atoms with E-state index in [-0.39, 0.29) is 5.75 Å². The third kappa shape index (κ3) is 3.27. The van der Waals surface area contributed by atoms with Gasteiger partial charge in [-0.15, -0.1) is 0 Å². The minimum atomic E-state index is -3.31. The molecule has 1 aliphatic rings. The van der Waals surface area contributed by atoms with Gasteiger partial charge in [-0.2, -0.15) is 0 Å². The number of hydrogen-bond donors (Lipinski definition) is 2. The van der Waals surface area contributed by atoms with Crippen molar-refractivity contribution in [3.8, 4) is 0 Å². The second-order valence-electron chi connectivity index (χ2n) is 4.58. The van der Waals surface area contributed by atoms with Crippen LogP contribution in [0.1, 0.15) is 19.3 Å². The highest BCUT2D eigenvalue weighted by atomic mass is 79.9. The van der Waals surface area contributed by atoms with Crippen LogP contribution in [0.3, 0.4) is 0 Å². The SMILES string of the molecule is Nc1ccc(NC(=O)C2CCCCS2(=O)=O)cc1Br. The molecule has 3 N–H and O–H groups in total. The molecular weight excluding hydrogens is 332 g/mol. The smallest absolute Gasteiger partial charge is 0.242 e. The molecule has 19 heavy (non-hydrogen) atoms. The molecular formula is C12H15BrN2O3S. The molecule has 2 rings (SSSR count). The van der Waals surface area contributed by atoms with Crippen LogP contribution in [-0.2, 0) is 14.6 Å². The number of carbonyl (C=O) groups excluding carboxylic acids is 1. The van der Waals surface area contributed by atoms with Gasteiger partial charge in [0, 0.05) is 15.8 Å². The minimum Gasteiger partial charge on any atom is -0.398 e. The quantitative estimate of drug-likeness (QED) is 0.800. The minimum absolute atomic E-state index is 0.0938. The van der Waals surface area contributed by atoms with Gasteiger partial charge in [-0.1, -0.05) is 6.42 Å². The first-order valence-electron chi connectivity index (χ1n) is 5.97. The van der Waals surface area contributed by atoms with Crippen LogP contribution in [0.4, 0.5) is 11.4 Å². The number of benzene rings is 1. The van der Waals surface area contributed by atoms with E-state index in [4.69, 9.17) is 5.73 Å². The van der Waals surface area contributed by atoms with Crippen molar-refractivity contribution < 1.29 is 13.2 Å². The van der Waals surface area contributed by atoms with Crippen molar-refractivity contribution in [2.45, 2.75) is 24.5 Å². The van der Waals surface area contributed by atoms with Crippen molar-refractivity contribution >= 4 is 43.0 Å². The zero-order valence-electron chi connectivity index (χ0n) is 10.2. The Kier molecular flexibility index (Phi) is 4.15. The number of nitrogen functional groups attached to an aromatic ring is 1. The summed E-state index contributed by atoms with van der Waals surface area (Å²) in [6.07, 6.45) is 1.80. The number of carbonyl (C=O) groups is 1. The van der Waals surface area contributed by atoms with Gasteiger partial charge in [0.15, 0.2) is 9.84 Å². The van der Waals surface area contributed by atoms with Crippen molar-refractivity contribution in [2.24, 2.45) is 0 Å². The fourth-order valence-corrected chi connectivity index (χ4v) is 4.26.